The second-order valence-electron chi connectivity index (χ2n) is 4.09. The molecule has 0 saturated heterocycles. The van der Waals surface area contributed by atoms with Gasteiger partial charge in [-0.15, -0.1) is 0 Å². The van der Waals surface area contributed by atoms with E-state index >= 15 is 0 Å². The number of carbonyl (C=O) groups is 2. The number of hydrogen-bond donors (Lipinski definition) is 0. The molecule has 0 bridgehead atoms. The maximum Gasteiger partial charge on any atom is 0.305 e. The van der Waals surface area contributed by atoms with E-state index in [0.717, 1.165) is 25.7 Å². The van der Waals surface area contributed by atoms with E-state index in [4.69, 9.17) is 4.74 Å². The molecular formula is C14H28O3. The Hall–Kier alpha value is -0.860. The zero-order chi connectivity index (χ0) is 13.5. The van der Waals surface area contributed by atoms with Gasteiger partial charge in [0.1, 0.15) is 5.78 Å². The smallest absolute Gasteiger partial charge is 0.305 e. The summed E-state index contributed by atoms with van der Waals surface area (Å²) in [5.41, 5.74) is 0. The van der Waals surface area contributed by atoms with E-state index in [9.17, 15) is 9.59 Å². The predicted octanol–water partition coefficient (Wildman–Crippen LogP) is 3.90. The number of rotatable bonds is 8. The van der Waals surface area contributed by atoms with Crippen molar-refractivity contribution in [2.45, 2.75) is 72.6 Å². The average molecular weight is 244 g/mol. The third-order valence-corrected chi connectivity index (χ3v) is 2.18. The van der Waals surface area contributed by atoms with Gasteiger partial charge in [-0.25, -0.2) is 0 Å². The molecule has 0 aliphatic carbocycles. The van der Waals surface area contributed by atoms with E-state index in [1.165, 1.54) is 12.8 Å². The number of esters is 1. The van der Waals surface area contributed by atoms with Crippen LogP contribution in [0.1, 0.15) is 72.6 Å². The van der Waals surface area contributed by atoms with Gasteiger partial charge in [0.15, 0.2) is 0 Å². The van der Waals surface area contributed by atoms with Crippen LogP contribution in [0.15, 0.2) is 0 Å². The van der Waals surface area contributed by atoms with Gasteiger partial charge in [0, 0.05) is 12.8 Å². The van der Waals surface area contributed by atoms with Crippen LogP contribution in [-0.4, -0.2) is 18.4 Å². The standard InChI is InChI=1S/C7H14O2.C7H14O/c1-3-5-6-9-7(8)4-2;1-3-4-5-6-7(2)8/h3-6H2,1-2H3;3-6H2,1-2H3. The second-order valence-corrected chi connectivity index (χ2v) is 4.09. The molecule has 0 N–H and O–H groups in total. The molecule has 3 heteroatoms. The van der Waals surface area contributed by atoms with Crippen LogP contribution >= 0.6 is 0 Å². The molecular weight excluding hydrogens is 216 g/mol. The normalized spacial score (nSPS) is 9.18. The van der Waals surface area contributed by atoms with Crippen molar-refractivity contribution in [1.82, 2.24) is 0 Å². The van der Waals surface area contributed by atoms with Gasteiger partial charge in [0.25, 0.3) is 0 Å². The fraction of sp³-hybridized carbons (Fsp3) is 0.857. The summed E-state index contributed by atoms with van der Waals surface area (Å²) in [6, 6.07) is 0. The highest BCUT2D eigenvalue weighted by Crippen LogP contribution is 1.98. The number of ether oxygens (including phenoxy) is 1. The monoisotopic (exact) mass is 244 g/mol. The van der Waals surface area contributed by atoms with E-state index in [0.29, 0.717) is 18.8 Å². The fourth-order valence-corrected chi connectivity index (χ4v) is 1.06. The van der Waals surface area contributed by atoms with E-state index in [2.05, 4.69) is 13.8 Å². The summed E-state index contributed by atoms with van der Waals surface area (Å²) in [4.78, 5) is 20.8. The largest absolute Gasteiger partial charge is 0.466 e. The molecule has 0 fully saturated rings. The SMILES string of the molecule is CCCCCC(C)=O.CCCCOC(=O)CC. The summed E-state index contributed by atoms with van der Waals surface area (Å²) in [6.45, 7) is 8.24. The minimum absolute atomic E-state index is 0.0940. The minimum atomic E-state index is -0.0940. The Kier molecular flexibility index (Phi) is 16.5. The van der Waals surface area contributed by atoms with Gasteiger partial charge >= 0.3 is 5.97 Å². The summed E-state index contributed by atoms with van der Waals surface area (Å²) >= 11 is 0. The van der Waals surface area contributed by atoms with Gasteiger partial charge in [-0.1, -0.05) is 40.0 Å². The van der Waals surface area contributed by atoms with Crippen LogP contribution in [0.25, 0.3) is 0 Å². The average Bonchev–Trinajstić information content (AvgIpc) is 2.30. The quantitative estimate of drug-likeness (QED) is 0.480. The van der Waals surface area contributed by atoms with Crippen molar-refractivity contribution in [1.29, 1.82) is 0 Å². The summed E-state index contributed by atoms with van der Waals surface area (Å²) in [5.74, 6) is 0.224. The number of Topliss-reactive ketones (excluding diaryl/α,β-unsaturated/α-hetero) is 1. The lowest BCUT2D eigenvalue weighted by Gasteiger charge is -1.99. The Balaban J connectivity index is 0. The molecule has 0 aromatic heterocycles. The summed E-state index contributed by atoms with van der Waals surface area (Å²) in [7, 11) is 0. The van der Waals surface area contributed by atoms with Gasteiger partial charge in [-0.3, -0.25) is 4.79 Å². The first-order valence-electron chi connectivity index (χ1n) is 6.73. The van der Waals surface area contributed by atoms with E-state index < -0.39 is 0 Å². The molecule has 0 rings (SSSR count). The molecule has 0 heterocycles. The summed E-state index contributed by atoms with van der Waals surface area (Å²) in [6.07, 6.45) is 6.79. The molecule has 0 aliphatic heterocycles. The van der Waals surface area contributed by atoms with Crippen LogP contribution in [0.3, 0.4) is 0 Å². The van der Waals surface area contributed by atoms with Gasteiger partial charge in [-0.05, 0) is 19.8 Å². The maximum atomic E-state index is 10.5. The number of unbranched alkanes of at least 4 members (excludes halogenated alkanes) is 3. The van der Waals surface area contributed by atoms with Crippen molar-refractivity contribution < 1.29 is 14.3 Å². The van der Waals surface area contributed by atoms with Gasteiger partial charge in [0.2, 0.25) is 0 Å². The third-order valence-electron chi connectivity index (χ3n) is 2.18. The van der Waals surface area contributed by atoms with Crippen LogP contribution in [0.2, 0.25) is 0 Å². The van der Waals surface area contributed by atoms with Crippen LogP contribution in [-0.2, 0) is 14.3 Å². The first-order valence-corrected chi connectivity index (χ1v) is 6.73. The van der Waals surface area contributed by atoms with Crippen LogP contribution in [0.4, 0.5) is 0 Å². The van der Waals surface area contributed by atoms with Crippen LogP contribution < -0.4 is 0 Å². The third kappa shape index (κ3) is 21.1. The number of hydrogen-bond acceptors (Lipinski definition) is 3. The predicted molar refractivity (Wildman–Crippen MR) is 71.0 cm³/mol. The highest BCUT2D eigenvalue weighted by molar-refractivity contribution is 5.75. The Bertz CT molecular complexity index is 188. The zero-order valence-corrected chi connectivity index (χ0v) is 11.9. The van der Waals surface area contributed by atoms with Gasteiger partial charge < -0.3 is 9.53 Å². The number of ketones is 1. The highest BCUT2D eigenvalue weighted by Gasteiger charge is 1.94. The first kappa shape index (κ1) is 18.5. The highest BCUT2D eigenvalue weighted by atomic mass is 16.5. The molecule has 0 spiro atoms. The van der Waals surface area contributed by atoms with E-state index in [1.807, 2.05) is 0 Å². The molecule has 0 atom stereocenters. The lowest BCUT2D eigenvalue weighted by molar-refractivity contribution is -0.143. The number of carbonyl (C=O) groups excluding carboxylic acids is 2. The Morgan fingerprint density at radius 1 is 0.941 bits per heavy atom. The van der Waals surface area contributed by atoms with Gasteiger partial charge in [0.05, 0.1) is 6.61 Å². The van der Waals surface area contributed by atoms with Crippen molar-refractivity contribution in [2.75, 3.05) is 6.61 Å². The summed E-state index contributed by atoms with van der Waals surface area (Å²) in [5, 5.41) is 0. The van der Waals surface area contributed by atoms with E-state index in [-0.39, 0.29) is 5.97 Å². The second kappa shape index (κ2) is 15.1. The van der Waals surface area contributed by atoms with Crippen molar-refractivity contribution in [3.63, 3.8) is 0 Å². The van der Waals surface area contributed by atoms with Crippen molar-refractivity contribution in [2.24, 2.45) is 0 Å². The molecule has 0 aliphatic rings. The molecule has 0 saturated carbocycles. The molecule has 0 unspecified atom stereocenters. The van der Waals surface area contributed by atoms with Gasteiger partial charge in [-0.2, -0.15) is 0 Å². The molecule has 0 amide bonds. The molecule has 0 aromatic rings. The molecule has 0 aromatic carbocycles. The first-order chi connectivity index (χ1) is 8.08. The molecule has 17 heavy (non-hydrogen) atoms. The zero-order valence-electron chi connectivity index (χ0n) is 11.9. The van der Waals surface area contributed by atoms with Crippen LogP contribution in [0, 0.1) is 0 Å². The molecule has 102 valence electrons. The molecule has 0 radical (unpaired) electrons. The topological polar surface area (TPSA) is 43.4 Å². The van der Waals surface area contributed by atoms with Crippen molar-refractivity contribution in [3.8, 4) is 0 Å². The Labute approximate surface area is 106 Å². The minimum Gasteiger partial charge on any atom is -0.466 e. The van der Waals surface area contributed by atoms with Crippen molar-refractivity contribution >= 4 is 11.8 Å². The lowest BCUT2D eigenvalue weighted by Crippen LogP contribution is -2.02. The Morgan fingerprint density at radius 3 is 1.94 bits per heavy atom. The summed E-state index contributed by atoms with van der Waals surface area (Å²) < 4.78 is 4.79. The van der Waals surface area contributed by atoms with E-state index in [1.54, 1.807) is 13.8 Å². The van der Waals surface area contributed by atoms with Crippen LogP contribution in [0.5, 0.6) is 0 Å². The molecule has 3 nitrogen and oxygen atoms in total. The lowest BCUT2D eigenvalue weighted by atomic mass is 10.2. The maximum absolute atomic E-state index is 10.5. The Morgan fingerprint density at radius 2 is 1.53 bits per heavy atom. The fourth-order valence-electron chi connectivity index (χ4n) is 1.06. The van der Waals surface area contributed by atoms with Crippen molar-refractivity contribution in [3.05, 3.63) is 0 Å².